The Kier molecular flexibility index (Phi) is 5.56. The highest BCUT2D eigenvalue weighted by molar-refractivity contribution is 7.93. The van der Waals surface area contributed by atoms with Crippen molar-refractivity contribution in [3.8, 4) is 0 Å². The number of furan rings is 1. The molecule has 0 saturated carbocycles. The van der Waals surface area contributed by atoms with Gasteiger partial charge in [0.05, 0.1) is 0 Å². The molecule has 1 N–H and O–H groups in total. The minimum atomic E-state index is -3.93. The van der Waals surface area contributed by atoms with Gasteiger partial charge < -0.3 is 9.32 Å². The molecule has 2 aromatic carbocycles. The van der Waals surface area contributed by atoms with E-state index < -0.39 is 10.0 Å². The van der Waals surface area contributed by atoms with Crippen LogP contribution in [0.4, 0.5) is 5.69 Å². The van der Waals surface area contributed by atoms with Crippen molar-refractivity contribution < 1.29 is 17.6 Å². The smallest absolute Gasteiger partial charge is 0.289 e. The summed E-state index contributed by atoms with van der Waals surface area (Å²) in [5.74, 6) is 0.0623. The number of hydrogen-bond acceptors (Lipinski definition) is 4. The fourth-order valence-corrected chi connectivity index (χ4v) is 5.65. The van der Waals surface area contributed by atoms with Gasteiger partial charge in [0.25, 0.3) is 15.9 Å². The van der Waals surface area contributed by atoms with Gasteiger partial charge in [0, 0.05) is 29.7 Å². The number of piperidine rings is 1. The molecule has 7 heteroatoms. The third-order valence-electron chi connectivity index (χ3n) is 6.10. The number of sulfonamides is 1. The van der Waals surface area contributed by atoms with Crippen molar-refractivity contribution in [3.63, 3.8) is 0 Å². The Labute approximate surface area is 183 Å². The number of hydrogen-bond donors (Lipinski definition) is 1. The Morgan fingerprint density at radius 2 is 1.61 bits per heavy atom. The maximum Gasteiger partial charge on any atom is 0.289 e. The van der Waals surface area contributed by atoms with E-state index >= 15 is 0 Å². The second-order valence-corrected chi connectivity index (χ2v) is 10.0. The first kappa shape index (κ1) is 21.4. The number of anilines is 1. The van der Waals surface area contributed by atoms with Crippen molar-refractivity contribution in [1.82, 2.24) is 4.90 Å². The molecular weight excluding hydrogens is 412 g/mol. The Balaban J connectivity index is 1.83. The fraction of sp³-hybridized carbons (Fsp3) is 0.375. The summed E-state index contributed by atoms with van der Waals surface area (Å²) in [6.07, 6.45) is 3.07. The number of likely N-dealkylation sites (tertiary alicyclic amines) is 1. The number of benzene rings is 2. The topological polar surface area (TPSA) is 79.6 Å². The molecule has 1 aliphatic rings. The monoisotopic (exact) mass is 440 g/mol. The molecule has 1 amide bonds. The number of carbonyl (C=O) groups excluding carboxylic acids is 1. The molecule has 0 unspecified atom stereocenters. The highest BCUT2D eigenvalue weighted by atomic mass is 32.2. The zero-order valence-electron chi connectivity index (χ0n) is 18.4. The summed E-state index contributed by atoms with van der Waals surface area (Å²) >= 11 is 0. The number of fused-ring (bicyclic) bond motifs is 1. The minimum absolute atomic E-state index is 0.0869. The van der Waals surface area contributed by atoms with Crippen molar-refractivity contribution in [2.24, 2.45) is 0 Å². The van der Waals surface area contributed by atoms with Crippen LogP contribution in [0.3, 0.4) is 0 Å². The van der Waals surface area contributed by atoms with Crippen LogP contribution in [0.15, 0.2) is 39.6 Å². The van der Waals surface area contributed by atoms with E-state index in [1.165, 1.54) is 0 Å². The number of nitrogens with one attached hydrogen (secondary N) is 1. The van der Waals surface area contributed by atoms with Crippen LogP contribution in [0.2, 0.25) is 0 Å². The maximum atomic E-state index is 13.4. The Hall–Kier alpha value is -2.80. The normalized spacial score (nSPS) is 14.8. The quantitative estimate of drug-likeness (QED) is 0.613. The van der Waals surface area contributed by atoms with Gasteiger partial charge >= 0.3 is 0 Å². The Morgan fingerprint density at radius 1 is 0.968 bits per heavy atom. The van der Waals surface area contributed by atoms with Gasteiger partial charge in [-0.15, -0.1) is 0 Å². The summed E-state index contributed by atoms with van der Waals surface area (Å²) in [6.45, 7) is 8.81. The van der Waals surface area contributed by atoms with Crippen LogP contribution in [0.5, 0.6) is 0 Å². The molecule has 0 bridgehead atoms. The lowest BCUT2D eigenvalue weighted by atomic mass is 10.0. The van der Waals surface area contributed by atoms with Gasteiger partial charge in [-0.2, -0.15) is 0 Å². The SMILES string of the molecule is Cc1ccc(NS(=O)(=O)c2c(C)c(C)cc3c(C)c(C(=O)N4CCCCC4)oc23)cc1. The molecule has 1 aliphatic heterocycles. The molecule has 1 saturated heterocycles. The first-order valence-electron chi connectivity index (χ1n) is 10.6. The Bertz CT molecular complexity index is 1250. The maximum absolute atomic E-state index is 13.4. The molecule has 0 atom stereocenters. The van der Waals surface area contributed by atoms with E-state index in [-0.39, 0.29) is 22.1 Å². The highest BCUT2D eigenvalue weighted by Crippen LogP contribution is 2.36. The summed E-state index contributed by atoms with van der Waals surface area (Å²) in [5.41, 5.74) is 3.88. The van der Waals surface area contributed by atoms with E-state index in [0.29, 0.717) is 35.3 Å². The first-order chi connectivity index (χ1) is 14.7. The van der Waals surface area contributed by atoms with Gasteiger partial charge in [-0.05, 0) is 76.3 Å². The predicted molar refractivity (Wildman–Crippen MR) is 122 cm³/mol. The second-order valence-electron chi connectivity index (χ2n) is 8.40. The molecule has 1 fully saturated rings. The largest absolute Gasteiger partial charge is 0.449 e. The summed E-state index contributed by atoms with van der Waals surface area (Å²) in [4.78, 5) is 15.0. The van der Waals surface area contributed by atoms with Crippen molar-refractivity contribution >= 4 is 32.6 Å². The number of rotatable bonds is 4. The van der Waals surface area contributed by atoms with Crippen LogP contribution < -0.4 is 4.72 Å². The molecule has 3 aromatic rings. The first-order valence-corrected chi connectivity index (χ1v) is 12.1. The second kappa shape index (κ2) is 8.04. The molecule has 6 nitrogen and oxygen atoms in total. The van der Waals surface area contributed by atoms with Gasteiger partial charge in [-0.3, -0.25) is 9.52 Å². The van der Waals surface area contributed by atoms with E-state index in [0.717, 1.165) is 30.4 Å². The molecule has 0 spiro atoms. The van der Waals surface area contributed by atoms with Crippen molar-refractivity contribution in [2.75, 3.05) is 17.8 Å². The lowest BCUT2D eigenvalue weighted by molar-refractivity contribution is 0.0693. The van der Waals surface area contributed by atoms with Crippen LogP contribution in [-0.4, -0.2) is 32.3 Å². The molecule has 4 rings (SSSR count). The average molecular weight is 441 g/mol. The molecule has 0 radical (unpaired) electrons. The van der Waals surface area contributed by atoms with Crippen molar-refractivity contribution in [1.29, 1.82) is 0 Å². The number of carbonyl (C=O) groups is 1. The summed E-state index contributed by atoms with van der Waals surface area (Å²) in [5, 5.41) is 0.660. The lowest BCUT2D eigenvalue weighted by Crippen LogP contribution is -2.35. The van der Waals surface area contributed by atoms with E-state index in [1.807, 2.05) is 39.0 Å². The third-order valence-corrected chi connectivity index (χ3v) is 7.64. The number of amides is 1. The van der Waals surface area contributed by atoms with Gasteiger partial charge in [0.1, 0.15) is 4.90 Å². The summed E-state index contributed by atoms with van der Waals surface area (Å²) < 4.78 is 35.5. The minimum Gasteiger partial charge on any atom is -0.449 e. The van der Waals surface area contributed by atoms with Crippen molar-refractivity contribution in [3.05, 3.63) is 58.3 Å². The van der Waals surface area contributed by atoms with E-state index in [4.69, 9.17) is 4.42 Å². The van der Waals surface area contributed by atoms with E-state index in [1.54, 1.807) is 24.0 Å². The van der Waals surface area contributed by atoms with Crippen LogP contribution in [0.1, 0.15) is 52.1 Å². The summed E-state index contributed by atoms with van der Waals surface area (Å²) in [7, 11) is -3.93. The molecule has 31 heavy (non-hydrogen) atoms. The predicted octanol–water partition coefficient (Wildman–Crippen LogP) is 5.09. The van der Waals surface area contributed by atoms with Gasteiger partial charge in [-0.25, -0.2) is 8.42 Å². The zero-order chi connectivity index (χ0) is 22.3. The van der Waals surface area contributed by atoms with Crippen molar-refractivity contribution in [2.45, 2.75) is 51.9 Å². The molecular formula is C24H28N2O4S. The molecule has 164 valence electrons. The lowest BCUT2D eigenvalue weighted by Gasteiger charge is -2.25. The van der Waals surface area contributed by atoms with Crippen LogP contribution in [0, 0.1) is 27.7 Å². The van der Waals surface area contributed by atoms with Gasteiger partial charge in [-0.1, -0.05) is 17.7 Å². The van der Waals surface area contributed by atoms with Crippen LogP contribution in [-0.2, 0) is 10.0 Å². The van der Waals surface area contributed by atoms with E-state index in [2.05, 4.69) is 4.72 Å². The third kappa shape index (κ3) is 3.94. The molecule has 2 heterocycles. The summed E-state index contributed by atoms with van der Waals surface area (Å²) in [6, 6.07) is 9.06. The zero-order valence-corrected chi connectivity index (χ0v) is 19.2. The van der Waals surface area contributed by atoms with Gasteiger partial charge in [0.2, 0.25) is 0 Å². The van der Waals surface area contributed by atoms with Crippen LogP contribution in [0.25, 0.3) is 11.0 Å². The Morgan fingerprint density at radius 3 is 2.26 bits per heavy atom. The van der Waals surface area contributed by atoms with E-state index in [9.17, 15) is 13.2 Å². The fourth-order valence-electron chi connectivity index (χ4n) is 4.14. The number of nitrogens with zero attached hydrogens (tertiary/aromatic N) is 1. The number of aryl methyl sites for hydroxylation is 3. The van der Waals surface area contributed by atoms with Crippen LogP contribution >= 0.6 is 0 Å². The standard InChI is InChI=1S/C24H28N2O4S/c1-15-8-10-19(11-9-15)25-31(28,29)23-17(3)16(2)14-20-18(4)21(30-22(20)23)24(27)26-12-6-5-7-13-26/h8-11,14,25H,5-7,12-13H2,1-4H3. The average Bonchev–Trinajstić information content (AvgIpc) is 3.06. The highest BCUT2D eigenvalue weighted by Gasteiger charge is 2.30. The van der Waals surface area contributed by atoms with Gasteiger partial charge in [0.15, 0.2) is 11.3 Å². The molecule has 0 aliphatic carbocycles. The molecule has 1 aromatic heterocycles.